The molecule has 0 unspecified atom stereocenters. The molecule has 13 heavy (non-hydrogen) atoms. The number of amides is 1. The normalized spacial score (nSPS) is 9.85. The van der Waals surface area contributed by atoms with E-state index in [9.17, 15) is 4.79 Å². The third kappa shape index (κ3) is 4.12. The van der Waals surface area contributed by atoms with Crippen LogP contribution in [0.15, 0.2) is 17.0 Å². The van der Waals surface area contributed by atoms with Crippen LogP contribution in [0.3, 0.4) is 0 Å². The summed E-state index contributed by atoms with van der Waals surface area (Å²) in [6.45, 7) is 1.34. The maximum absolute atomic E-state index is 10.1. The van der Waals surface area contributed by atoms with Crippen LogP contribution in [0.2, 0.25) is 0 Å². The number of hydrogen-bond acceptors (Lipinski definition) is 5. The molecule has 1 heterocycles. The Balaban J connectivity index is 1.99. The number of primary amides is 1. The lowest BCUT2D eigenvalue weighted by Crippen LogP contribution is -2.23. The summed E-state index contributed by atoms with van der Waals surface area (Å²) in [6.07, 6.45) is 2.21. The molecule has 72 valence electrons. The number of nitrogens with one attached hydrogen (secondary N) is 1. The zero-order chi connectivity index (χ0) is 9.52. The summed E-state index contributed by atoms with van der Waals surface area (Å²) in [5.41, 5.74) is 4.75. The molecule has 1 rings (SSSR count). The van der Waals surface area contributed by atoms with Gasteiger partial charge in [-0.15, -0.1) is 0 Å². The maximum Gasteiger partial charge on any atom is 0.404 e. The van der Waals surface area contributed by atoms with E-state index < -0.39 is 6.09 Å². The molecule has 0 aliphatic rings. The van der Waals surface area contributed by atoms with Crippen LogP contribution in [0.1, 0.15) is 5.76 Å². The summed E-state index contributed by atoms with van der Waals surface area (Å²) in [7, 11) is 0. The van der Waals surface area contributed by atoms with Gasteiger partial charge in [0.05, 0.1) is 12.7 Å². The van der Waals surface area contributed by atoms with Crippen LogP contribution in [0.5, 0.6) is 0 Å². The Hall–Kier alpha value is -1.56. The van der Waals surface area contributed by atoms with Gasteiger partial charge in [-0.25, -0.2) is 9.78 Å². The van der Waals surface area contributed by atoms with E-state index in [1.165, 1.54) is 6.39 Å². The maximum atomic E-state index is 10.1. The average molecular weight is 185 g/mol. The molecule has 0 spiro atoms. The number of oxazole rings is 1. The van der Waals surface area contributed by atoms with Gasteiger partial charge in [0.25, 0.3) is 0 Å². The smallest absolute Gasteiger partial charge is 0.404 e. The van der Waals surface area contributed by atoms with Gasteiger partial charge in [0.15, 0.2) is 6.39 Å². The van der Waals surface area contributed by atoms with Crippen molar-refractivity contribution >= 4 is 6.09 Å². The van der Waals surface area contributed by atoms with E-state index in [2.05, 4.69) is 15.0 Å². The van der Waals surface area contributed by atoms with Gasteiger partial charge in [-0.05, 0) is 0 Å². The third-order valence-electron chi connectivity index (χ3n) is 1.31. The molecule has 0 atom stereocenters. The van der Waals surface area contributed by atoms with Crippen LogP contribution in [0.4, 0.5) is 4.79 Å². The number of carbonyl (C=O) groups excluding carboxylic acids is 1. The molecular formula is C7H11N3O3. The molecule has 1 amide bonds. The average Bonchev–Trinajstić information content (AvgIpc) is 2.55. The molecule has 1 aromatic heterocycles. The van der Waals surface area contributed by atoms with Gasteiger partial charge in [0, 0.05) is 6.54 Å². The second kappa shape index (κ2) is 5.15. The minimum Gasteiger partial charge on any atom is -0.448 e. The Morgan fingerprint density at radius 2 is 2.62 bits per heavy atom. The molecule has 0 saturated heterocycles. The summed E-state index contributed by atoms with van der Waals surface area (Å²) in [6, 6.07) is 0. The highest BCUT2D eigenvalue weighted by molar-refractivity contribution is 5.64. The van der Waals surface area contributed by atoms with Crippen molar-refractivity contribution in [3.63, 3.8) is 0 Å². The lowest BCUT2D eigenvalue weighted by atomic mass is 10.5. The van der Waals surface area contributed by atoms with Crippen LogP contribution in [-0.4, -0.2) is 24.2 Å². The number of hydrogen-bond donors (Lipinski definition) is 2. The van der Waals surface area contributed by atoms with Crippen LogP contribution in [0, 0.1) is 0 Å². The predicted molar refractivity (Wildman–Crippen MR) is 43.7 cm³/mol. The second-order valence-electron chi connectivity index (χ2n) is 2.31. The fourth-order valence-corrected chi connectivity index (χ4v) is 0.765. The highest BCUT2D eigenvalue weighted by Crippen LogP contribution is 1.93. The Kier molecular flexibility index (Phi) is 3.77. The molecule has 6 heteroatoms. The highest BCUT2D eigenvalue weighted by Gasteiger charge is 1.96. The molecule has 3 N–H and O–H groups in total. The van der Waals surface area contributed by atoms with Crippen molar-refractivity contribution in [2.45, 2.75) is 6.54 Å². The van der Waals surface area contributed by atoms with Crippen LogP contribution in [0.25, 0.3) is 0 Å². The van der Waals surface area contributed by atoms with E-state index in [1.807, 2.05) is 0 Å². The van der Waals surface area contributed by atoms with Gasteiger partial charge in [0.2, 0.25) is 0 Å². The Labute approximate surface area is 75.1 Å². The van der Waals surface area contributed by atoms with E-state index in [-0.39, 0.29) is 6.61 Å². The van der Waals surface area contributed by atoms with Gasteiger partial charge in [-0.3, -0.25) is 0 Å². The molecule has 0 saturated carbocycles. The van der Waals surface area contributed by atoms with E-state index in [0.717, 1.165) is 5.76 Å². The Morgan fingerprint density at radius 3 is 3.23 bits per heavy atom. The van der Waals surface area contributed by atoms with Crippen molar-refractivity contribution in [2.24, 2.45) is 5.73 Å². The standard InChI is InChI=1S/C7H11N3O3/c8-7(11)12-2-1-9-3-6-4-10-5-13-6/h4-5,9H,1-3H2,(H2,8,11). The fraction of sp³-hybridized carbons (Fsp3) is 0.429. The summed E-state index contributed by atoms with van der Waals surface area (Å²) in [5.74, 6) is 0.735. The van der Waals surface area contributed by atoms with E-state index in [4.69, 9.17) is 10.2 Å². The van der Waals surface area contributed by atoms with Crippen molar-refractivity contribution in [1.29, 1.82) is 0 Å². The monoisotopic (exact) mass is 185 g/mol. The van der Waals surface area contributed by atoms with E-state index in [1.54, 1.807) is 6.20 Å². The largest absolute Gasteiger partial charge is 0.448 e. The summed E-state index contributed by atoms with van der Waals surface area (Å²) < 4.78 is 9.45. The lowest BCUT2D eigenvalue weighted by molar-refractivity contribution is 0.157. The van der Waals surface area contributed by atoms with Crippen LogP contribution >= 0.6 is 0 Å². The molecule has 0 bridgehead atoms. The summed E-state index contributed by atoms with van der Waals surface area (Å²) >= 11 is 0. The minimum absolute atomic E-state index is 0.253. The first-order valence-corrected chi connectivity index (χ1v) is 3.79. The molecular weight excluding hydrogens is 174 g/mol. The number of rotatable bonds is 5. The van der Waals surface area contributed by atoms with Crippen molar-refractivity contribution in [3.05, 3.63) is 18.4 Å². The van der Waals surface area contributed by atoms with E-state index >= 15 is 0 Å². The molecule has 1 aromatic rings. The van der Waals surface area contributed by atoms with Gasteiger partial charge in [-0.1, -0.05) is 0 Å². The molecule has 0 radical (unpaired) electrons. The first-order chi connectivity index (χ1) is 6.29. The zero-order valence-corrected chi connectivity index (χ0v) is 7.03. The Bertz CT molecular complexity index is 247. The number of nitrogens with two attached hydrogens (primary N) is 1. The minimum atomic E-state index is -0.763. The quantitative estimate of drug-likeness (QED) is 0.623. The Morgan fingerprint density at radius 1 is 1.77 bits per heavy atom. The first-order valence-electron chi connectivity index (χ1n) is 3.79. The fourth-order valence-electron chi connectivity index (χ4n) is 0.765. The molecule has 6 nitrogen and oxygen atoms in total. The second-order valence-corrected chi connectivity index (χ2v) is 2.31. The van der Waals surface area contributed by atoms with Gasteiger partial charge < -0.3 is 20.2 Å². The van der Waals surface area contributed by atoms with Crippen LogP contribution in [-0.2, 0) is 11.3 Å². The van der Waals surface area contributed by atoms with Gasteiger partial charge >= 0.3 is 6.09 Å². The predicted octanol–water partition coefficient (Wildman–Crippen LogP) is -0.140. The number of ether oxygens (including phenoxy) is 1. The van der Waals surface area contributed by atoms with Crippen molar-refractivity contribution in [2.75, 3.05) is 13.2 Å². The first kappa shape index (κ1) is 9.53. The number of aromatic nitrogens is 1. The molecule has 0 aliphatic heterocycles. The summed E-state index contributed by atoms with van der Waals surface area (Å²) in [5, 5.41) is 2.98. The zero-order valence-electron chi connectivity index (χ0n) is 7.03. The third-order valence-corrected chi connectivity index (χ3v) is 1.31. The highest BCUT2D eigenvalue weighted by atomic mass is 16.5. The number of carbonyl (C=O) groups is 1. The molecule has 0 aliphatic carbocycles. The topological polar surface area (TPSA) is 90.4 Å². The number of nitrogens with zero attached hydrogens (tertiary/aromatic N) is 1. The lowest BCUT2D eigenvalue weighted by Gasteiger charge is -2.01. The summed E-state index contributed by atoms with van der Waals surface area (Å²) in [4.78, 5) is 13.9. The molecule has 0 fully saturated rings. The van der Waals surface area contributed by atoms with E-state index in [0.29, 0.717) is 13.1 Å². The SMILES string of the molecule is NC(=O)OCCNCc1cnco1. The van der Waals surface area contributed by atoms with Crippen molar-refractivity contribution in [3.8, 4) is 0 Å². The van der Waals surface area contributed by atoms with Gasteiger partial charge in [0.1, 0.15) is 12.4 Å². The van der Waals surface area contributed by atoms with Gasteiger partial charge in [-0.2, -0.15) is 0 Å². The molecule has 0 aromatic carbocycles. The van der Waals surface area contributed by atoms with Crippen molar-refractivity contribution in [1.82, 2.24) is 10.3 Å². The van der Waals surface area contributed by atoms with Crippen molar-refractivity contribution < 1.29 is 13.9 Å². The van der Waals surface area contributed by atoms with Crippen LogP contribution < -0.4 is 11.1 Å².